The fourth-order valence-corrected chi connectivity index (χ4v) is 3.53. The molecule has 0 aliphatic heterocycles. The van der Waals surface area contributed by atoms with Gasteiger partial charge in [-0.3, -0.25) is 0 Å². The summed E-state index contributed by atoms with van der Waals surface area (Å²) in [5, 5.41) is 0.366. The normalized spacial score (nSPS) is 11.3. The quantitative estimate of drug-likeness (QED) is 0.346. The molecule has 0 aliphatic carbocycles. The monoisotopic (exact) mass is 408 g/mol. The van der Waals surface area contributed by atoms with Crippen LogP contribution in [0.1, 0.15) is 32.3 Å². The van der Waals surface area contributed by atoms with Crippen LogP contribution in [0.15, 0.2) is 33.1 Å². The minimum absolute atomic E-state index is 0.306. The third kappa shape index (κ3) is 5.49. The van der Waals surface area contributed by atoms with Gasteiger partial charge in [-0.1, -0.05) is 37.2 Å². The number of rotatable bonds is 8. The zero-order valence-corrected chi connectivity index (χ0v) is 18.1. The van der Waals surface area contributed by atoms with Gasteiger partial charge in [-0.05, 0) is 30.5 Å². The first-order chi connectivity index (χ1) is 12.9. The van der Waals surface area contributed by atoms with Gasteiger partial charge in [0, 0.05) is 24.7 Å². The van der Waals surface area contributed by atoms with Gasteiger partial charge >= 0.3 is 0 Å². The third-order valence-corrected chi connectivity index (χ3v) is 5.42. The molecule has 0 bridgehead atoms. The Labute approximate surface area is 170 Å². The molecule has 0 fully saturated rings. The van der Waals surface area contributed by atoms with Crippen molar-refractivity contribution >= 4 is 35.6 Å². The largest absolute Gasteiger partial charge is 0.493 e. The summed E-state index contributed by atoms with van der Waals surface area (Å²) < 4.78 is 10.9. The van der Waals surface area contributed by atoms with Crippen molar-refractivity contribution in [1.29, 1.82) is 0 Å². The second kappa shape index (κ2) is 9.80. The van der Waals surface area contributed by atoms with Crippen molar-refractivity contribution in [3.05, 3.63) is 29.0 Å². The van der Waals surface area contributed by atoms with Crippen molar-refractivity contribution in [2.75, 3.05) is 27.8 Å². The van der Waals surface area contributed by atoms with Gasteiger partial charge in [-0.15, -0.1) is 0 Å². The van der Waals surface area contributed by atoms with Crippen LogP contribution in [0.2, 0.25) is 5.15 Å². The smallest absolute Gasteiger partial charge is 0.252 e. The van der Waals surface area contributed by atoms with Crippen molar-refractivity contribution in [2.24, 2.45) is 4.99 Å². The van der Waals surface area contributed by atoms with Crippen molar-refractivity contribution in [3.63, 3.8) is 0 Å². The number of benzene rings is 1. The summed E-state index contributed by atoms with van der Waals surface area (Å²) in [7, 11) is 5.19. The van der Waals surface area contributed by atoms with E-state index in [1.807, 2.05) is 31.0 Å². The summed E-state index contributed by atoms with van der Waals surface area (Å²) in [5.74, 6) is 2.02. The van der Waals surface area contributed by atoms with Crippen LogP contribution in [-0.2, 0) is 0 Å². The predicted octanol–water partition coefficient (Wildman–Crippen LogP) is 5.03. The number of nitrogens with zero attached hydrogens (tertiary/aromatic N) is 4. The van der Waals surface area contributed by atoms with E-state index in [1.54, 1.807) is 26.8 Å². The molecule has 0 amide bonds. The Balaban J connectivity index is 2.34. The summed E-state index contributed by atoms with van der Waals surface area (Å²) >= 11 is 7.88. The second-order valence-electron chi connectivity index (χ2n) is 6.14. The fraction of sp³-hybridized carbons (Fsp3) is 0.421. The molecule has 0 N–H and O–H groups in total. The molecule has 2 rings (SSSR count). The van der Waals surface area contributed by atoms with Crippen LogP contribution in [-0.4, -0.2) is 49.0 Å². The maximum Gasteiger partial charge on any atom is 0.252 e. The van der Waals surface area contributed by atoms with Crippen molar-refractivity contribution in [1.82, 2.24) is 14.9 Å². The first-order valence-corrected chi connectivity index (χ1v) is 9.79. The van der Waals surface area contributed by atoms with E-state index >= 15 is 0 Å². The van der Waals surface area contributed by atoms with Gasteiger partial charge in [-0.2, -0.15) is 4.98 Å². The maximum absolute atomic E-state index is 6.38. The molecule has 0 saturated carbocycles. The van der Waals surface area contributed by atoms with Gasteiger partial charge in [0.05, 0.1) is 25.5 Å². The molecule has 0 unspecified atom stereocenters. The lowest BCUT2D eigenvalue weighted by Crippen LogP contribution is -2.14. The summed E-state index contributed by atoms with van der Waals surface area (Å²) in [5.41, 5.74) is 1.14. The SMILES string of the molecule is CCN(C)C=Nc1ncc(Sc2cc(OC)c(OC)cc2C(C)C)c(Cl)n1. The number of hydrogen-bond donors (Lipinski definition) is 0. The van der Waals surface area contributed by atoms with Gasteiger partial charge in [0.1, 0.15) is 5.15 Å². The number of ether oxygens (including phenoxy) is 2. The fourth-order valence-electron chi connectivity index (χ4n) is 2.24. The zero-order chi connectivity index (χ0) is 20.0. The molecule has 1 aromatic heterocycles. The molecular weight excluding hydrogens is 384 g/mol. The molecule has 0 aliphatic rings. The Hall–Kier alpha value is -1.99. The van der Waals surface area contributed by atoms with E-state index in [0.29, 0.717) is 28.5 Å². The highest BCUT2D eigenvalue weighted by Gasteiger charge is 2.16. The first kappa shape index (κ1) is 21.3. The van der Waals surface area contributed by atoms with Crippen molar-refractivity contribution in [2.45, 2.75) is 36.5 Å². The van der Waals surface area contributed by atoms with Crippen LogP contribution in [0.5, 0.6) is 11.5 Å². The number of hydrogen-bond acceptors (Lipinski definition) is 6. The Morgan fingerprint density at radius 3 is 2.44 bits per heavy atom. The van der Waals surface area contributed by atoms with Crippen LogP contribution in [0.25, 0.3) is 0 Å². The van der Waals surface area contributed by atoms with Crippen LogP contribution in [0.4, 0.5) is 5.95 Å². The Kier molecular flexibility index (Phi) is 7.74. The predicted molar refractivity (Wildman–Crippen MR) is 111 cm³/mol. The first-order valence-electron chi connectivity index (χ1n) is 8.60. The number of aliphatic imine (C=N–C) groups is 1. The van der Waals surface area contributed by atoms with Gasteiger partial charge in [0.15, 0.2) is 11.5 Å². The lowest BCUT2D eigenvalue weighted by molar-refractivity contribution is 0.353. The summed E-state index contributed by atoms with van der Waals surface area (Å²) in [6, 6.07) is 3.96. The highest BCUT2D eigenvalue weighted by molar-refractivity contribution is 7.99. The van der Waals surface area contributed by atoms with Crippen molar-refractivity contribution in [3.8, 4) is 11.5 Å². The van der Waals surface area contributed by atoms with Crippen LogP contribution in [0.3, 0.4) is 0 Å². The maximum atomic E-state index is 6.38. The molecule has 2 aromatic rings. The van der Waals surface area contributed by atoms with Crippen LogP contribution in [0, 0.1) is 0 Å². The van der Waals surface area contributed by atoms with Crippen molar-refractivity contribution < 1.29 is 9.47 Å². The molecule has 0 spiro atoms. The lowest BCUT2D eigenvalue weighted by Gasteiger charge is -2.17. The Morgan fingerprint density at radius 2 is 1.89 bits per heavy atom. The average molecular weight is 409 g/mol. The number of halogens is 1. The molecule has 8 heteroatoms. The molecule has 146 valence electrons. The van der Waals surface area contributed by atoms with Gasteiger partial charge in [0.25, 0.3) is 5.95 Å². The summed E-state index contributed by atoms with van der Waals surface area (Å²) in [6.07, 6.45) is 3.38. The zero-order valence-electron chi connectivity index (χ0n) is 16.5. The summed E-state index contributed by atoms with van der Waals surface area (Å²) in [4.78, 5) is 16.5. The molecule has 1 heterocycles. The summed E-state index contributed by atoms with van der Waals surface area (Å²) in [6.45, 7) is 7.15. The second-order valence-corrected chi connectivity index (χ2v) is 7.59. The van der Waals surface area contributed by atoms with Gasteiger partial charge in [-0.25, -0.2) is 9.98 Å². The van der Waals surface area contributed by atoms with E-state index in [9.17, 15) is 0 Å². The van der Waals surface area contributed by atoms with E-state index in [1.165, 1.54) is 11.8 Å². The molecule has 27 heavy (non-hydrogen) atoms. The van der Waals surface area contributed by atoms with E-state index in [4.69, 9.17) is 21.1 Å². The van der Waals surface area contributed by atoms with E-state index in [0.717, 1.165) is 21.9 Å². The standard InChI is InChI=1S/C19H25ClN4O2S/c1-7-24(4)11-22-19-21-10-17(18(20)23-19)27-16-9-15(26-6)14(25-5)8-13(16)12(2)3/h8-12H,7H2,1-6H3. The Morgan fingerprint density at radius 1 is 1.22 bits per heavy atom. The van der Waals surface area contributed by atoms with E-state index in [-0.39, 0.29) is 0 Å². The Bertz CT molecular complexity index is 815. The van der Waals surface area contributed by atoms with Crippen LogP contribution < -0.4 is 9.47 Å². The highest BCUT2D eigenvalue weighted by Crippen LogP contribution is 2.42. The molecular formula is C19H25ClN4O2S. The topological polar surface area (TPSA) is 59.8 Å². The van der Waals surface area contributed by atoms with Gasteiger partial charge < -0.3 is 14.4 Å². The molecule has 0 radical (unpaired) electrons. The molecule has 0 atom stereocenters. The lowest BCUT2D eigenvalue weighted by atomic mass is 10.0. The van der Waals surface area contributed by atoms with E-state index < -0.39 is 0 Å². The molecule has 1 aromatic carbocycles. The average Bonchev–Trinajstić information content (AvgIpc) is 2.67. The number of methoxy groups -OCH3 is 2. The minimum atomic E-state index is 0.306. The molecule has 6 nitrogen and oxygen atoms in total. The molecule has 0 saturated heterocycles. The van der Waals surface area contributed by atoms with E-state index in [2.05, 4.69) is 28.8 Å². The number of aromatic nitrogens is 2. The third-order valence-electron chi connectivity index (χ3n) is 3.93. The minimum Gasteiger partial charge on any atom is -0.493 e. The highest BCUT2D eigenvalue weighted by atomic mass is 35.5. The van der Waals surface area contributed by atoms with Crippen LogP contribution >= 0.6 is 23.4 Å². The van der Waals surface area contributed by atoms with Gasteiger partial charge in [0.2, 0.25) is 0 Å².